The Balaban J connectivity index is 2.42. The minimum Gasteiger partial charge on any atom is -0.349 e. The number of hydrogen-bond acceptors (Lipinski definition) is 4. The third-order valence-corrected chi connectivity index (χ3v) is 3.75. The molecule has 0 atom stereocenters. The van der Waals surface area contributed by atoms with Crippen molar-refractivity contribution in [3.8, 4) is 0 Å². The lowest BCUT2D eigenvalue weighted by atomic mass is 10.1. The maximum absolute atomic E-state index is 12.3. The number of carbonyl (C=O) groups is 1. The molecule has 1 N–H and O–H groups in total. The lowest BCUT2D eigenvalue weighted by Crippen LogP contribution is -2.37. The van der Waals surface area contributed by atoms with E-state index in [1.165, 1.54) is 4.57 Å². The molecule has 0 radical (unpaired) electrons. The first-order valence-corrected chi connectivity index (χ1v) is 7.22. The topological polar surface area (TPSA) is 67.2 Å². The third-order valence-electron chi connectivity index (χ3n) is 3.75. The number of fused-ring (bicyclic) bond motifs is 1. The van der Waals surface area contributed by atoms with E-state index in [0.717, 1.165) is 16.6 Å². The standard InChI is InChI=1S/C16H22N4O2/c1-10-8-12-13(9-11(10)2)20(5)16(22)14(18-12)15(21)17-6-7-19(3)4/h8-9H,6-7H2,1-5H3,(H,17,21). The summed E-state index contributed by atoms with van der Waals surface area (Å²) in [6.45, 7) is 5.15. The lowest BCUT2D eigenvalue weighted by molar-refractivity contribution is 0.0944. The summed E-state index contributed by atoms with van der Waals surface area (Å²) in [6, 6.07) is 3.83. The Morgan fingerprint density at radius 3 is 2.55 bits per heavy atom. The molecule has 1 heterocycles. The molecule has 0 bridgehead atoms. The first kappa shape index (κ1) is 16.2. The third kappa shape index (κ3) is 3.17. The van der Waals surface area contributed by atoms with Gasteiger partial charge in [0.05, 0.1) is 11.0 Å². The summed E-state index contributed by atoms with van der Waals surface area (Å²) in [6.07, 6.45) is 0. The van der Waals surface area contributed by atoms with E-state index in [-0.39, 0.29) is 11.3 Å². The van der Waals surface area contributed by atoms with E-state index in [4.69, 9.17) is 0 Å². The Hall–Kier alpha value is -2.21. The molecule has 1 amide bonds. The van der Waals surface area contributed by atoms with Crippen molar-refractivity contribution in [2.24, 2.45) is 7.05 Å². The van der Waals surface area contributed by atoms with Gasteiger partial charge in [-0.2, -0.15) is 0 Å². The first-order valence-electron chi connectivity index (χ1n) is 7.22. The molecule has 1 aromatic carbocycles. The number of aryl methyl sites for hydroxylation is 3. The second kappa shape index (κ2) is 6.27. The average molecular weight is 302 g/mol. The molecule has 0 unspecified atom stereocenters. The summed E-state index contributed by atoms with van der Waals surface area (Å²) in [7, 11) is 5.51. The van der Waals surface area contributed by atoms with Crippen molar-refractivity contribution in [3.05, 3.63) is 39.3 Å². The van der Waals surface area contributed by atoms with E-state index in [2.05, 4.69) is 10.3 Å². The molecule has 1 aromatic heterocycles. The van der Waals surface area contributed by atoms with Gasteiger partial charge in [0.25, 0.3) is 11.5 Å². The Kier molecular flexibility index (Phi) is 4.61. The van der Waals surface area contributed by atoms with E-state index in [1.54, 1.807) is 7.05 Å². The second-order valence-corrected chi connectivity index (χ2v) is 5.81. The maximum Gasteiger partial charge on any atom is 0.282 e. The molecule has 0 fully saturated rings. The SMILES string of the molecule is Cc1cc2nc(C(=O)NCCN(C)C)c(=O)n(C)c2cc1C. The predicted octanol–water partition coefficient (Wildman–Crippen LogP) is 0.842. The number of likely N-dealkylation sites (N-methyl/N-ethyl adjacent to an activating group) is 1. The molecule has 2 aromatic rings. The quantitative estimate of drug-likeness (QED) is 0.909. The minimum absolute atomic E-state index is 0.0583. The van der Waals surface area contributed by atoms with Crippen molar-refractivity contribution < 1.29 is 4.79 Å². The molecule has 0 aliphatic carbocycles. The van der Waals surface area contributed by atoms with Crippen LogP contribution in [-0.2, 0) is 7.05 Å². The van der Waals surface area contributed by atoms with Gasteiger partial charge in [-0.3, -0.25) is 9.59 Å². The predicted molar refractivity (Wildman–Crippen MR) is 87.3 cm³/mol. The fraction of sp³-hybridized carbons (Fsp3) is 0.438. The molecule has 0 saturated carbocycles. The van der Waals surface area contributed by atoms with Gasteiger partial charge in [-0.1, -0.05) is 0 Å². The highest BCUT2D eigenvalue weighted by atomic mass is 16.2. The Labute approximate surface area is 129 Å². The number of nitrogens with one attached hydrogen (secondary N) is 1. The van der Waals surface area contributed by atoms with Crippen molar-refractivity contribution in [3.63, 3.8) is 0 Å². The Morgan fingerprint density at radius 2 is 1.91 bits per heavy atom. The molecular formula is C16H22N4O2. The van der Waals surface area contributed by atoms with Crippen LogP contribution in [0.5, 0.6) is 0 Å². The molecule has 6 nitrogen and oxygen atoms in total. The molecule has 0 aliphatic heterocycles. The average Bonchev–Trinajstić information content (AvgIpc) is 2.44. The number of hydrogen-bond donors (Lipinski definition) is 1. The Morgan fingerprint density at radius 1 is 1.27 bits per heavy atom. The molecule has 6 heteroatoms. The van der Waals surface area contributed by atoms with Crippen molar-refractivity contribution >= 4 is 16.9 Å². The molecular weight excluding hydrogens is 280 g/mol. The maximum atomic E-state index is 12.3. The highest BCUT2D eigenvalue weighted by Crippen LogP contribution is 2.16. The summed E-state index contributed by atoms with van der Waals surface area (Å²) >= 11 is 0. The summed E-state index contributed by atoms with van der Waals surface area (Å²) in [5.41, 5.74) is 3.13. The van der Waals surface area contributed by atoms with Crippen LogP contribution >= 0.6 is 0 Å². The van der Waals surface area contributed by atoms with E-state index in [1.807, 2.05) is 45.0 Å². The van der Waals surface area contributed by atoms with Crippen LogP contribution < -0.4 is 10.9 Å². The van der Waals surface area contributed by atoms with Gasteiger partial charge in [0, 0.05) is 20.1 Å². The number of nitrogens with zero attached hydrogens (tertiary/aromatic N) is 3. The normalized spacial score (nSPS) is 11.2. The summed E-state index contributed by atoms with van der Waals surface area (Å²) in [5, 5.41) is 2.73. The van der Waals surface area contributed by atoms with Crippen molar-refractivity contribution in [2.45, 2.75) is 13.8 Å². The van der Waals surface area contributed by atoms with Crippen LogP contribution in [0, 0.1) is 13.8 Å². The zero-order chi connectivity index (χ0) is 16.4. The van der Waals surface area contributed by atoms with E-state index in [9.17, 15) is 9.59 Å². The Bertz CT molecular complexity index is 778. The van der Waals surface area contributed by atoms with Crippen LogP contribution in [0.3, 0.4) is 0 Å². The molecule has 22 heavy (non-hydrogen) atoms. The van der Waals surface area contributed by atoms with E-state index < -0.39 is 5.91 Å². The van der Waals surface area contributed by atoms with Crippen LogP contribution in [0.4, 0.5) is 0 Å². The minimum atomic E-state index is -0.428. The van der Waals surface area contributed by atoms with Crippen molar-refractivity contribution in [1.82, 2.24) is 19.8 Å². The van der Waals surface area contributed by atoms with Gasteiger partial charge in [-0.25, -0.2) is 4.98 Å². The number of amides is 1. The van der Waals surface area contributed by atoms with Gasteiger partial charge in [0.2, 0.25) is 0 Å². The highest BCUT2D eigenvalue weighted by molar-refractivity contribution is 5.94. The molecule has 0 saturated heterocycles. The van der Waals surface area contributed by atoms with Crippen LogP contribution in [0.1, 0.15) is 21.6 Å². The highest BCUT2D eigenvalue weighted by Gasteiger charge is 2.16. The first-order chi connectivity index (χ1) is 10.3. The lowest BCUT2D eigenvalue weighted by Gasteiger charge is -2.12. The summed E-state index contributed by atoms with van der Waals surface area (Å²) in [4.78, 5) is 30.8. The fourth-order valence-electron chi connectivity index (χ4n) is 2.21. The smallest absolute Gasteiger partial charge is 0.282 e. The summed E-state index contributed by atoms with van der Waals surface area (Å²) in [5.74, 6) is -0.428. The van der Waals surface area contributed by atoms with E-state index in [0.29, 0.717) is 18.6 Å². The number of rotatable bonds is 4. The summed E-state index contributed by atoms with van der Waals surface area (Å²) < 4.78 is 1.48. The van der Waals surface area contributed by atoms with Gasteiger partial charge >= 0.3 is 0 Å². The van der Waals surface area contributed by atoms with Gasteiger partial charge in [0.15, 0.2) is 5.69 Å². The van der Waals surface area contributed by atoms with Crippen LogP contribution in [0.15, 0.2) is 16.9 Å². The van der Waals surface area contributed by atoms with Crippen LogP contribution in [0.25, 0.3) is 11.0 Å². The monoisotopic (exact) mass is 302 g/mol. The molecule has 0 aliphatic rings. The van der Waals surface area contributed by atoms with Crippen LogP contribution in [0.2, 0.25) is 0 Å². The van der Waals surface area contributed by atoms with Crippen LogP contribution in [-0.4, -0.2) is 47.5 Å². The van der Waals surface area contributed by atoms with Crippen molar-refractivity contribution in [1.29, 1.82) is 0 Å². The largest absolute Gasteiger partial charge is 0.349 e. The van der Waals surface area contributed by atoms with E-state index >= 15 is 0 Å². The van der Waals surface area contributed by atoms with Crippen molar-refractivity contribution in [2.75, 3.05) is 27.2 Å². The van der Waals surface area contributed by atoms with Gasteiger partial charge < -0.3 is 14.8 Å². The molecule has 0 spiro atoms. The van der Waals surface area contributed by atoms with Gasteiger partial charge in [0.1, 0.15) is 0 Å². The van der Waals surface area contributed by atoms with Gasteiger partial charge in [-0.05, 0) is 51.2 Å². The number of carbonyl (C=O) groups excluding carboxylic acids is 1. The molecule has 118 valence electrons. The van der Waals surface area contributed by atoms with Gasteiger partial charge in [-0.15, -0.1) is 0 Å². The zero-order valence-electron chi connectivity index (χ0n) is 13.7. The second-order valence-electron chi connectivity index (χ2n) is 5.81. The molecule has 2 rings (SSSR count). The fourth-order valence-corrected chi connectivity index (χ4v) is 2.21. The number of benzene rings is 1. The number of aromatic nitrogens is 2. The zero-order valence-corrected chi connectivity index (χ0v) is 13.7.